The molecule has 2 N–H and O–H groups in total. The fraction of sp³-hybridized carbons (Fsp3) is 0.208. The zero-order valence-corrected chi connectivity index (χ0v) is 20.8. The number of aromatic nitrogens is 4. The number of aryl methyl sites for hydroxylation is 2. The van der Waals surface area contributed by atoms with Gasteiger partial charge in [-0.2, -0.15) is 5.10 Å². The molecule has 0 aliphatic carbocycles. The van der Waals surface area contributed by atoms with Gasteiger partial charge in [0.1, 0.15) is 11.4 Å². The van der Waals surface area contributed by atoms with Crippen LogP contribution in [0.15, 0.2) is 37.2 Å². The molecular weight excluding hydrogens is 517 g/mol. The summed E-state index contributed by atoms with van der Waals surface area (Å²) in [7, 11) is 3.56. The highest BCUT2D eigenvalue weighted by Gasteiger charge is 2.21. The molecule has 0 radical (unpaired) electrons. The van der Waals surface area contributed by atoms with E-state index in [1.807, 2.05) is 50.1 Å². The lowest BCUT2D eigenvalue weighted by Crippen LogP contribution is -2.09. The predicted molar refractivity (Wildman–Crippen MR) is 136 cm³/mol. The van der Waals surface area contributed by atoms with E-state index in [0.717, 1.165) is 53.8 Å². The second-order valence-electron chi connectivity index (χ2n) is 7.65. The van der Waals surface area contributed by atoms with Crippen molar-refractivity contribution >= 4 is 45.2 Å². The van der Waals surface area contributed by atoms with Crippen LogP contribution in [0.2, 0.25) is 0 Å². The van der Waals surface area contributed by atoms with Crippen molar-refractivity contribution in [2.45, 2.75) is 20.8 Å². The number of hydrogen-bond acceptors (Lipinski definition) is 4. The highest BCUT2D eigenvalue weighted by molar-refractivity contribution is 14.1. The Kier molecular flexibility index (Phi) is 5.81. The molecule has 0 fully saturated rings. The third-order valence-electron chi connectivity index (χ3n) is 5.87. The third kappa shape index (κ3) is 3.58. The molecule has 164 valence electrons. The molecule has 1 amide bonds. The second-order valence-corrected chi connectivity index (χ2v) is 8.72. The minimum absolute atomic E-state index is 0.270. The van der Waals surface area contributed by atoms with Gasteiger partial charge in [0.05, 0.1) is 17.0 Å². The molecule has 4 rings (SSSR count). The van der Waals surface area contributed by atoms with Crippen LogP contribution >= 0.6 is 22.6 Å². The lowest BCUT2D eigenvalue weighted by molar-refractivity contribution is -0.111. The van der Waals surface area contributed by atoms with Crippen molar-refractivity contribution in [3.05, 3.63) is 57.7 Å². The number of fused-ring (bicyclic) bond motifs is 1. The summed E-state index contributed by atoms with van der Waals surface area (Å²) in [6.45, 7) is 9.62. The Morgan fingerprint density at radius 3 is 2.59 bits per heavy atom. The number of aromatic amines is 1. The topological polar surface area (TPSA) is 84.8 Å². The number of benzene rings is 1. The van der Waals surface area contributed by atoms with Crippen LogP contribution in [0, 0.1) is 24.5 Å². The number of carbonyl (C=O) groups excluding carboxylic acids is 1. The van der Waals surface area contributed by atoms with Crippen LogP contribution in [0.1, 0.15) is 16.8 Å². The molecule has 0 aliphatic heterocycles. The molecule has 0 spiro atoms. The van der Waals surface area contributed by atoms with Gasteiger partial charge in [-0.05, 0) is 72.7 Å². The van der Waals surface area contributed by atoms with Crippen molar-refractivity contribution in [1.82, 2.24) is 19.7 Å². The van der Waals surface area contributed by atoms with Gasteiger partial charge in [0.15, 0.2) is 0 Å². The number of methoxy groups -OCH3 is 1. The van der Waals surface area contributed by atoms with Gasteiger partial charge >= 0.3 is 0 Å². The van der Waals surface area contributed by atoms with Crippen molar-refractivity contribution in [2.75, 3.05) is 12.4 Å². The summed E-state index contributed by atoms with van der Waals surface area (Å²) in [5, 5.41) is 8.31. The van der Waals surface area contributed by atoms with Gasteiger partial charge < -0.3 is 15.0 Å². The average molecular weight is 541 g/mol. The molecule has 0 bridgehead atoms. The van der Waals surface area contributed by atoms with Gasteiger partial charge in [-0.15, -0.1) is 0 Å². The number of halogens is 1. The molecule has 0 atom stereocenters. The SMILES string of the molecule is C=CC(=O)Nc1cc(-c2c(I)[nH]c3ncc(-c4cnn(C)c4C)c(C)c23)cc(OC)c1C. The van der Waals surface area contributed by atoms with E-state index in [1.165, 1.54) is 6.08 Å². The maximum absolute atomic E-state index is 12.0. The molecule has 0 aliphatic rings. The number of nitrogens with zero attached hydrogens (tertiary/aromatic N) is 3. The Balaban J connectivity index is 1.99. The van der Waals surface area contributed by atoms with E-state index >= 15 is 0 Å². The molecule has 3 heterocycles. The monoisotopic (exact) mass is 541 g/mol. The van der Waals surface area contributed by atoms with Gasteiger partial charge in [-0.3, -0.25) is 9.48 Å². The van der Waals surface area contributed by atoms with Crippen molar-refractivity contribution in [2.24, 2.45) is 7.05 Å². The number of hydrogen-bond donors (Lipinski definition) is 2. The fourth-order valence-corrected chi connectivity index (χ4v) is 4.78. The van der Waals surface area contributed by atoms with Gasteiger partial charge in [0, 0.05) is 52.3 Å². The molecule has 32 heavy (non-hydrogen) atoms. The number of carbonyl (C=O) groups is 1. The van der Waals surface area contributed by atoms with Crippen LogP contribution < -0.4 is 10.1 Å². The summed E-state index contributed by atoms with van der Waals surface area (Å²) in [5.74, 6) is 0.421. The minimum atomic E-state index is -0.270. The molecule has 0 unspecified atom stereocenters. The number of nitrogens with one attached hydrogen (secondary N) is 2. The van der Waals surface area contributed by atoms with Crippen LogP contribution in [0.3, 0.4) is 0 Å². The van der Waals surface area contributed by atoms with Crippen molar-refractivity contribution in [1.29, 1.82) is 0 Å². The van der Waals surface area contributed by atoms with E-state index in [4.69, 9.17) is 9.72 Å². The summed E-state index contributed by atoms with van der Waals surface area (Å²) < 4.78 is 8.44. The van der Waals surface area contributed by atoms with Gasteiger partial charge in [0.25, 0.3) is 0 Å². The van der Waals surface area contributed by atoms with Crippen LogP contribution in [-0.2, 0) is 11.8 Å². The van der Waals surface area contributed by atoms with Crippen LogP contribution in [0.5, 0.6) is 5.75 Å². The summed E-state index contributed by atoms with van der Waals surface area (Å²) in [5.41, 5.74) is 8.56. The van der Waals surface area contributed by atoms with Gasteiger partial charge in [0.2, 0.25) is 5.91 Å². The number of anilines is 1. The zero-order chi connectivity index (χ0) is 23.2. The first-order valence-electron chi connectivity index (χ1n) is 10.0. The maximum atomic E-state index is 12.0. The minimum Gasteiger partial charge on any atom is -0.496 e. The Labute approximate surface area is 200 Å². The molecule has 3 aromatic heterocycles. The van der Waals surface area contributed by atoms with E-state index in [9.17, 15) is 4.79 Å². The molecule has 7 nitrogen and oxygen atoms in total. The van der Waals surface area contributed by atoms with E-state index in [0.29, 0.717) is 11.4 Å². The van der Waals surface area contributed by atoms with Crippen LogP contribution in [0.4, 0.5) is 5.69 Å². The Hall–Kier alpha value is -3.14. The summed E-state index contributed by atoms with van der Waals surface area (Å²) in [4.78, 5) is 20.1. The van der Waals surface area contributed by atoms with E-state index in [2.05, 4.69) is 51.5 Å². The number of pyridine rings is 1. The smallest absolute Gasteiger partial charge is 0.247 e. The van der Waals surface area contributed by atoms with Crippen molar-refractivity contribution in [3.63, 3.8) is 0 Å². The highest BCUT2D eigenvalue weighted by atomic mass is 127. The van der Waals surface area contributed by atoms with Crippen LogP contribution in [-0.4, -0.2) is 32.8 Å². The lowest BCUT2D eigenvalue weighted by atomic mass is 9.96. The maximum Gasteiger partial charge on any atom is 0.247 e. The highest BCUT2D eigenvalue weighted by Crippen LogP contribution is 2.41. The first-order chi connectivity index (χ1) is 15.3. The van der Waals surface area contributed by atoms with Crippen molar-refractivity contribution in [3.8, 4) is 28.0 Å². The third-order valence-corrected chi connectivity index (χ3v) is 6.68. The largest absolute Gasteiger partial charge is 0.496 e. The average Bonchev–Trinajstić information content (AvgIpc) is 3.29. The number of rotatable bonds is 5. The summed E-state index contributed by atoms with van der Waals surface area (Å²) in [6, 6.07) is 3.95. The predicted octanol–water partition coefficient (Wildman–Crippen LogP) is 5.29. The first-order valence-corrected chi connectivity index (χ1v) is 11.1. The number of amides is 1. The molecule has 0 saturated heterocycles. The fourth-order valence-electron chi connectivity index (χ4n) is 3.94. The first kappa shape index (κ1) is 22.1. The molecule has 0 saturated carbocycles. The van der Waals surface area contributed by atoms with Gasteiger partial charge in [-0.1, -0.05) is 6.58 Å². The van der Waals surface area contributed by atoms with E-state index in [-0.39, 0.29) is 5.91 Å². The number of ether oxygens (including phenoxy) is 1. The standard InChI is InChI=1S/C24H24IN5O2/c1-7-20(31)28-18-8-15(9-19(32-6)13(18)3)22-21-12(2)16(10-26-24(21)29-23(22)25)17-11-27-30(5)14(17)4/h7-11H,1H2,2-6H3,(H,26,29)(H,28,31). The molecule has 4 aromatic rings. The zero-order valence-electron chi connectivity index (χ0n) is 18.6. The Morgan fingerprint density at radius 1 is 1.22 bits per heavy atom. The Bertz CT molecular complexity index is 1380. The second kappa shape index (κ2) is 8.42. The molecule has 8 heteroatoms. The summed E-state index contributed by atoms with van der Waals surface area (Å²) in [6.07, 6.45) is 5.02. The van der Waals surface area contributed by atoms with Gasteiger partial charge in [-0.25, -0.2) is 4.98 Å². The van der Waals surface area contributed by atoms with E-state index in [1.54, 1.807) is 7.11 Å². The van der Waals surface area contributed by atoms with E-state index < -0.39 is 0 Å². The Morgan fingerprint density at radius 2 is 1.97 bits per heavy atom. The molecule has 1 aromatic carbocycles. The normalized spacial score (nSPS) is 11.1. The van der Waals surface area contributed by atoms with Crippen LogP contribution in [0.25, 0.3) is 33.3 Å². The number of H-pyrrole nitrogens is 1. The van der Waals surface area contributed by atoms with Crippen molar-refractivity contribution < 1.29 is 9.53 Å². The summed E-state index contributed by atoms with van der Waals surface area (Å²) >= 11 is 2.29. The molecular formula is C24H24IN5O2. The quantitative estimate of drug-likeness (QED) is 0.266. The lowest BCUT2D eigenvalue weighted by Gasteiger charge is -2.15.